The van der Waals surface area contributed by atoms with Crippen molar-refractivity contribution in [3.8, 4) is 11.5 Å². The van der Waals surface area contributed by atoms with Crippen molar-refractivity contribution in [1.29, 1.82) is 0 Å². The lowest BCUT2D eigenvalue weighted by molar-refractivity contribution is -0.136. The summed E-state index contributed by atoms with van der Waals surface area (Å²) in [7, 11) is 1.33. The van der Waals surface area contributed by atoms with Gasteiger partial charge in [0.1, 0.15) is 0 Å². The first-order valence-corrected chi connectivity index (χ1v) is 8.39. The molecule has 0 unspecified atom stereocenters. The summed E-state index contributed by atoms with van der Waals surface area (Å²) >= 11 is 7.20. The summed E-state index contributed by atoms with van der Waals surface area (Å²) in [6, 6.07) is 2.99. The third kappa shape index (κ3) is 3.69. The number of hydrogen-bond acceptors (Lipinski definition) is 5. The predicted molar refractivity (Wildman–Crippen MR) is 98.3 cm³/mol. The van der Waals surface area contributed by atoms with Gasteiger partial charge in [0.15, 0.2) is 16.6 Å². The molecule has 0 radical (unpaired) electrons. The number of phenols is 1. The standard InChI is InChI=1S/C15H17IN2O4S/c1-4-22-10-6-8(5-9(16)13(10)19)12-11(14(20)21-3)7(2)17-15(23)18-12/h5-6,12,19H,4H2,1-3H3,(H2,17,18,23)/t12-/m0/s1. The van der Waals surface area contributed by atoms with Gasteiger partial charge in [0, 0.05) is 5.70 Å². The van der Waals surface area contributed by atoms with Gasteiger partial charge in [-0.3, -0.25) is 0 Å². The van der Waals surface area contributed by atoms with E-state index in [4.69, 9.17) is 21.7 Å². The number of methoxy groups -OCH3 is 1. The number of carbonyl (C=O) groups excluding carboxylic acids is 1. The molecule has 124 valence electrons. The number of esters is 1. The number of phenolic OH excluding ortho intramolecular Hbond substituents is 1. The van der Waals surface area contributed by atoms with Crippen LogP contribution in [0, 0.1) is 3.57 Å². The van der Waals surface area contributed by atoms with Crippen molar-refractivity contribution in [2.75, 3.05) is 13.7 Å². The number of hydrogen-bond donors (Lipinski definition) is 3. The Hall–Kier alpha value is -1.55. The van der Waals surface area contributed by atoms with Gasteiger partial charge in [-0.1, -0.05) is 0 Å². The van der Waals surface area contributed by atoms with Gasteiger partial charge in [-0.05, 0) is 66.4 Å². The van der Waals surface area contributed by atoms with Crippen molar-refractivity contribution >= 4 is 45.9 Å². The molecule has 1 aliphatic rings. The van der Waals surface area contributed by atoms with E-state index in [0.717, 1.165) is 5.56 Å². The summed E-state index contributed by atoms with van der Waals surface area (Å²) in [4.78, 5) is 12.1. The zero-order valence-corrected chi connectivity index (χ0v) is 15.9. The minimum atomic E-state index is -0.482. The first-order chi connectivity index (χ1) is 10.9. The van der Waals surface area contributed by atoms with E-state index in [2.05, 4.69) is 10.6 Å². The lowest BCUT2D eigenvalue weighted by atomic mass is 9.95. The van der Waals surface area contributed by atoms with Crippen LogP contribution in [-0.2, 0) is 9.53 Å². The lowest BCUT2D eigenvalue weighted by Crippen LogP contribution is -2.45. The van der Waals surface area contributed by atoms with E-state index in [9.17, 15) is 9.90 Å². The molecule has 0 aliphatic carbocycles. The van der Waals surface area contributed by atoms with E-state index < -0.39 is 12.0 Å². The molecular weight excluding hydrogens is 431 g/mol. The molecule has 23 heavy (non-hydrogen) atoms. The molecule has 0 saturated carbocycles. The van der Waals surface area contributed by atoms with E-state index in [1.54, 1.807) is 19.1 Å². The average Bonchev–Trinajstić information content (AvgIpc) is 2.50. The van der Waals surface area contributed by atoms with Crippen LogP contribution in [0.5, 0.6) is 11.5 Å². The van der Waals surface area contributed by atoms with Crippen LogP contribution in [0.25, 0.3) is 0 Å². The van der Waals surface area contributed by atoms with E-state index in [0.29, 0.717) is 32.3 Å². The fraction of sp³-hybridized carbons (Fsp3) is 0.333. The van der Waals surface area contributed by atoms with Gasteiger partial charge in [-0.25, -0.2) is 4.79 Å². The Morgan fingerprint density at radius 3 is 2.78 bits per heavy atom. The number of allylic oxidation sites excluding steroid dienone is 1. The van der Waals surface area contributed by atoms with Crippen molar-refractivity contribution in [3.63, 3.8) is 0 Å². The van der Waals surface area contributed by atoms with Crippen molar-refractivity contribution in [1.82, 2.24) is 10.6 Å². The molecule has 8 heteroatoms. The fourth-order valence-corrected chi connectivity index (χ4v) is 3.25. The summed E-state index contributed by atoms with van der Waals surface area (Å²) < 4.78 is 11.0. The van der Waals surface area contributed by atoms with Gasteiger partial charge >= 0.3 is 5.97 Å². The molecule has 1 heterocycles. The largest absolute Gasteiger partial charge is 0.504 e. The molecular formula is C15H17IN2O4S. The molecule has 0 aromatic heterocycles. The van der Waals surface area contributed by atoms with Crippen LogP contribution in [0.15, 0.2) is 23.4 Å². The van der Waals surface area contributed by atoms with Crippen molar-refractivity contribution in [2.45, 2.75) is 19.9 Å². The number of ether oxygens (including phenoxy) is 2. The quantitative estimate of drug-likeness (QED) is 0.371. The summed E-state index contributed by atoms with van der Waals surface area (Å²) in [5.74, 6) is -0.00778. The Balaban J connectivity index is 2.56. The summed E-state index contributed by atoms with van der Waals surface area (Å²) in [5, 5.41) is 16.5. The Morgan fingerprint density at radius 1 is 1.48 bits per heavy atom. The Bertz CT molecular complexity index is 690. The maximum atomic E-state index is 12.1. The van der Waals surface area contributed by atoms with Crippen molar-refractivity contribution in [2.24, 2.45) is 0 Å². The van der Waals surface area contributed by atoms with Gasteiger partial charge in [-0.2, -0.15) is 0 Å². The summed E-state index contributed by atoms with van der Waals surface area (Å²) in [6.45, 7) is 4.02. The molecule has 0 amide bonds. The zero-order chi connectivity index (χ0) is 17.1. The highest BCUT2D eigenvalue weighted by atomic mass is 127. The van der Waals surface area contributed by atoms with Crippen LogP contribution in [0.3, 0.4) is 0 Å². The highest BCUT2D eigenvalue weighted by Crippen LogP contribution is 2.37. The Morgan fingerprint density at radius 2 is 2.17 bits per heavy atom. The monoisotopic (exact) mass is 448 g/mol. The third-order valence-electron chi connectivity index (χ3n) is 3.36. The summed E-state index contributed by atoms with van der Waals surface area (Å²) in [5.41, 5.74) is 1.82. The number of aromatic hydroxyl groups is 1. The Labute approximate surface area is 153 Å². The molecule has 1 atom stereocenters. The number of halogens is 1. The van der Waals surface area contributed by atoms with E-state index in [-0.39, 0.29) is 5.75 Å². The van der Waals surface area contributed by atoms with Crippen LogP contribution in [0.2, 0.25) is 0 Å². The molecule has 1 aromatic rings. The lowest BCUT2D eigenvalue weighted by Gasteiger charge is -2.30. The molecule has 3 N–H and O–H groups in total. The molecule has 0 bridgehead atoms. The SMILES string of the molecule is CCOc1cc([C@@H]2NC(=S)NC(C)=C2C(=O)OC)cc(I)c1O. The highest BCUT2D eigenvalue weighted by molar-refractivity contribution is 14.1. The molecule has 0 fully saturated rings. The topological polar surface area (TPSA) is 79.8 Å². The smallest absolute Gasteiger partial charge is 0.337 e. The molecule has 6 nitrogen and oxygen atoms in total. The maximum absolute atomic E-state index is 12.1. The van der Waals surface area contributed by atoms with Crippen LogP contribution in [0.1, 0.15) is 25.5 Å². The Kier molecular flexibility index (Phi) is 5.69. The fourth-order valence-electron chi connectivity index (χ4n) is 2.35. The number of rotatable bonds is 4. The molecule has 1 aromatic carbocycles. The molecule has 1 aliphatic heterocycles. The first kappa shape index (κ1) is 17.8. The van der Waals surface area contributed by atoms with Crippen molar-refractivity contribution in [3.05, 3.63) is 32.5 Å². The normalized spacial score (nSPS) is 17.4. The molecule has 2 rings (SSSR count). The average molecular weight is 448 g/mol. The van der Waals surface area contributed by atoms with Crippen LogP contribution in [0.4, 0.5) is 0 Å². The number of carbonyl (C=O) groups is 1. The number of nitrogens with one attached hydrogen (secondary N) is 2. The van der Waals surface area contributed by atoms with Gasteiger partial charge < -0.3 is 25.2 Å². The predicted octanol–water partition coefficient (Wildman–Crippen LogP) is 2.36. The van der Waals surface area contributed by atoms with Gasteiger partial charge in [0.05, 0.1) is 28.9 Å². The highest BCUT2D eigenvalue weighted by Gasteiger charge is 2.31. The molecule has 0 saturated heterocycles. The first-order valence-electron chi connectivity index (χ1n) is 6.90. The third-order valence-corrected chi connectivity index (χ3v) is 4.40. The minimum Gasteiger partial charge on any atom is -0.504 e. The van der Waals surface area contributed by atoms with Crippen LogP contribution < -0.4 is 15.4 Å². The second kappa shape index (κ2) is 7.35. The van der Waals surface area contributed by atoms with E-state index in [1.807, 2.05) is 29.5 Å². The second-order valence-electron chi connectivity index (χ2n) is 4.84. The van der Waals surface area contributed by atoms with Gasteiger partial charge in [0.25, 0.3) is 0 Å². The van der Waals surface area contributed by atoms with E-state index in [1.165, 1.54) is 7.11 Å². The van der Waals surface area contributed by atoms with Gasteiger partial charge in [-0.15, -0.1) is 0 Å². The van der Waals surface area contributed by atoms with E-state index >= 15 is 0 Å². The number of thiocarbonyl (C=S) groups is 1. The summed E-state index contributed by atoms with van der Waals surface area (Å²) in [6.07, 6.45) is 0. The molecule has 0 spiro atoms. The number of benzene rings is 1. The van der Waals surface area contributed by atoms with Crippen molar-refractivity contribution < 1.29 is 19.4 Å². The zero-order valence-electron chi connectivity index (χ0n) is 12.9. The maximum Gasteiger partial charge on any atom is 0.337 e. The van der Waals surface area contributed by atoms with Crippen LogP contribution in [-0.4, -0.2) is 29.9 Å². The van der Waals surface area contributed by atoms with Gasteiger partial charge in [0.2, 0.25) is 0 Å². The van der Waals surface area contributed by atoms with Crippen LogP contribution >= 0.6 is 34.8 Å². The minimum absolute atomic E-state index is 0.0769. The second-order valence-corrected chi connectivity index (χ2v) is 6.41.